The second-order valence-electron chi connectivity index (χ2n) is 9.74. The molecule has 204 valence electrons. The van der Waals surface area contributed by atoms with E-state index in [4.69, 9.17) is 5.73 Å². The van der Waals surface area contributed by atoms with Crippen LogP contribution in [0.5, 0.6) is 0 Å². The molecule has 1 aliphatic heterocycles. The summed E-state index contributed by atoms with van der Waals surface area (Å²) in [6, 6.07) is 24.1. The van der Waals surface area contributed by atoms with Gasteiger partial charge in [0.2, 0.25) is 5.95 Å². The van der Waals surface area contributed by atoms with Crippen molar-refractivity contribution in [3.63, 3.8) is 0 Å². The predicted molar refractivity (Wildman–Crippen MR) is 155 cm³/mol. The third-order valence-corrected chi connectivity index (χ3v) is 8.80. The molecule has 1 amide bonds. The summed E-state index contributed by atoms with van der Waals surface area (Å²) in [5.74, 6) is 0.205. The van der Waals surface area contributed by atoms with E-state index in [-0.39, 0.29) is 28.4 Å². The highest BCUT2D eigenvalue weighted by atomic mass is 32.2. The van der Waals surface area contributed by atoms with Crippen LogP contribution in [-0.4, -0.2) is 52.3 Å². The second-order valence-corrected chi connectivity index (χ2v) is 11.6. The van der Waals surface area contributed by atoms with Crippen molar-refractivity contribution in [1.82, 2.24) is 18.8 Å². The number of fused-ring (bicyclic) bond motifs is 1. The summed E-state index contributed by atoms with van der Waals surface area (Å²) in [6.45, 7) is 1.02. The summed E-state index contributed by atoms with van der Waals surface area (Å²) >= 11 is 0. The molecule has 5 aromatic rings. The highest BCUT2D eigenvalue weighted by molar-refractivity contribution is 7.90. The zero-order valence-corrected chi connectivity index (χ0v) is 22.6. The fourth-order valence-electron chi connectivity index (χ4n) is 5.04. The number of rotatable bonds is 6. The molecule has 3 aromatic carbocycles. The van der Waals surface area contributed by atoms with Crippen molar-refractivity contribution in [2.45, 2.75) is 17.4 Å². The highest BCUT2D eigenvalue weighted by Gasteiger charge is 2.28. The third-order valence-electron chi connectivity index (χ3n) is 7.11. The number of hydrogen-bond donors (Lipinski definition) is 2. The van der Waals surface area contributed by atoms with Gasteiger partial charge in [-0.25, -0.2) is 22.4 Å². The lowest BCUT2D eigenvalue weighted by atomic mass is 10.1. The number of anilines is 2. The number of nitrogens with zero attached hydrogens (tertiary/aromatic N) is 5. The molecule has 0 spiro atoms. The molecule has 0 unspecified atom stereocenters. The van der Waals surface area contributed by atoms with Crippen LogP contribution in [0.3, 0.4) is 0 Å². The lowest BCUT2D eigenvalue weighted by Gasteiger charge is -2.17. The number of nitrogens with two attached hydrogens (primary N) is 1. The van der Waals surface area contributed by atoms with Gasteiger partial charge in [-0.15, -0.1) is 0 Å². The molecule has 11 heteroatoms. The molecule has 1 aliphatic rings. The Labute approximate surface area is 236 Å². The van der Waals surface area contributed by atoms with Gasteiger partial charge >= 0.3 is 0 Å². The number of nitrogen functional groups attached to an aromatic ring is 1. The van der Waals surface area contributed by atoms with Crippen LogP contribution in [0.4, 0.5) is 11.6 Å². The van der Waals surface area contributed by atoms with Gasteiger partial charge in [-0.2, -0.15) is 5.26 Å². The van der Waals surface area contributed by atoms with Gasteiger partial charge in [-0.3, -0.25) is 4.79 Å². The van der Waals surface area contributed by atoms with Crippen LogP contribution in [0.15, 0.2) is 96.2 Å². The van der Waals surface area contributed by atoms with Gasteiger partial charge in [0.15, 0.2) is 0 Å². The Morgan fingerprint density at radius 2 is 1.76 bits per heavy atom. The molecule has 2 aromatic heterocycles. The van der Waals surface area contributed by atoms with Gasteiger partial charge in [0.05, 0.1) is 27.9 Å². The number of hydrogen-bond acceptors (Lipinski definition) is 8. The molecule has 0 aliphatic carbocycles. The molecule has 10 nitrogen and oxygen atoms in total. The molecular formula is C30H25N7O3S. The Morgan fingerprint density at radius 1 is 1.02 bits per heavy atom. The van der Waals surface area contributed by atoms with Crippen LogP contribution < -0.4 is 11.1 Å². The maximum atomic E-state index is 13.6. The molecule has 1 saturated heterocycles. The topological polar surface area (TPSA) is 147 Å². The third kappa shape index (κ3) is 4.85. The molecule has 1 atom stereocenters. The minimum atomic E-state index is -3.91. The van der Waals surface area contributed by atoms with Crippen molar-refractivity contribution < 1.29 is 13.2 Å². The van der Waals surface area contributed by atoms with E-state index in [1.165, 1.54) is 16.4 Å². The van der Waals surface area contributed by atoms with Gasteiger partial charge in [-0.05, 0) is 48.9 Å². The summed E-state index contributed by atoms with van der Waals surface area (Å²) in [6.07, 6.45) is 3.62. The second kappa shape index (κ2) is 10.4. The molecule has 0 radical (unpaired) electrons. The zero-order chi connectivity index (χ0) is 28.6. The van der Waals surface area contributed by atoms with Crippen LogP contribution in [0, 0.1) is 11.3 Å². The first kappa shape index (κ1) is 26.0. The lowest BCUT2D eigenvalue weighted by Crippen LogP contribution is -2.31. The number of nitrogens with one attached hydrogen (secondary N) is 1. The van der Waals surface area contributed by atoms with Gasteiger partial charge in [0, 0.05) is 47.5 Å². The maximum absolute atomic E-state index is 13.6. The van der Waals surface area contributed by atoms with Crippen LogP contribution in [-0.2, 0) is 10.0 Å². The first-order valence-corrected chi connectivity index (χ1v) is 14.4. The number of nitriles is 1. The van der Waals surface area contributed by atoms with E-state index in [2.05, 4.69) is 21.4 Å². The molecule has 6 rings (SSSR count). The Hall–Kier alpha value is -5.21. The van der Waals surface area contributed by atoms with E-state index >= 15 is 0 Å². The summed E-state index contributed by atoms with van der Waals surface area (Å²) in [5.41, 5.74) is 8.39. The number of carbonyl (C=O) groups is 1. The molecule has 3 N–H and O–H groups in total. The fraction of sp³-hybridized carbons (Fsp3) is 0.133. The van der Waals surface area contributed by atoms with Crippen molar-refractivity contribution in [2.24, 2.45) is 0 Å². The smallest absolute Gasteiger partial charge is 0.268 e. The Morgan fingerprint density at radius 3 is 2.51 bits per heavy atom. The SMILES string of the molecule is N#Cc1cnc(N[C@@H]2CCN(C(=O)c3ccc(N)cc3)C2)nc1-c1cn(S(=O)(=O)c2ccccc2)c2ccccc12. The van der Waals surface area contributed by atoms with E-state index < -0.39 is 10.0 Å². The standard InChI is InChI=1S/C30H25N7O3S/c31-16-21-17-33-30(34-23-14-15-36(18-23)29(38)20-10-12-22(32)13-11-20)35-28(21)26-19-37(27-9-5-4-8-25(26)27)41(39,40)24-6-2-1-3-7-24/h1-13,17,19,23H,14-15,18,32H2,(H,33,34,35)/t23-/m1/s1. The minimum Gasteiger partial charge on any atom is -0.399 e. The summed E-state index contributed by atoms with van der Waals surface area (Å²) in [7, 11) is -3.91. The number of amides is 1. The van der Waals surface area contributed by atoms with Gasteiger partial charge in [0.25, 0.3) is 15.9 Å². The first-order valence-electron chi connectivity index (χ1n) is 12.9. The van der Waals surface area contributed by atoms with E-state index in [0.29, 0.717) is 52.9 Å². The Bertz CT molecular complexity index is 1910. The highest BCUT2D eigenvalue weighted by Crippen LogP contribution is 2.34. The fourth-order valence-corrected chi connectivity index (χ4v) is 6.43. The zero-order valence-electron chi connectivity index (χ0n) is 21.8. The summed E-state index contributed by atoms with van der Waals surface area (Å²) in [5, 5.41) is 13.8. The first-order chi connectivity index (χ1) is 19.8. The van der Waals surface area contributed by atoms with Crippen molar-refractivity contribution in [2.75, 3.05) is 24.1 Å². The molecule has 3 heterocycles. The maximum Gasteiger partial charge on any atom is 0.268 e. The number of benzene rings is 3. The van der Waals surface area contributed by atoms with Crippen molar-refractivity contribution in [3.05, 3.63) is 102 Å². The van der Waals surface area contributed by atoms with Crippen molar-refractivity contribution in [1.29, 1.82) is 5.26 Å². The normalized spacial score (nSPS) is 15.1. The monoisotopic (exact) mass is 563 g/mol. The van der Waals surface area contributed by atoms with Crippen LogP contribution >= 0.6 is 0 Å². The van der Waals surface area contributed by atoms with Gasteiger partial charge < -0.3 is 16.0 Å². The van der Waals surface area contributed by atoms with Crippen LogP contribution in [0.2, 0.25) is 0 Å². The van der Waals surface area contributed by atoms with Crippen molar-refractivity contribution in [3.8, 4) is 17.3 Å². The Kier molecular flexibility index (Phi) is 6.61. The summed E-state index contributed by atoms with van der Waals surface area (Å²) in [4.78, 5) is 23.8. The minimum absolute atomic E-state index is 0.0804. The molecule has 1 fully saturated rings. The van der Waals surface area contributed by atoms with E-state index in [9.17, 15) is 18.5 Å². The predicted octanol–water partition coefficient (Wildman–Crippen LogP) is 4.12. The van der Waals surface area contributed by atoms with Crippen molar-refractivity contribution >= 4 is 38.5 Å². The largest absolute Gasteiger partial charge is 0.399 e. The average molecular weight is 564 g/mol. The number of para-hydroxylation sites is 1. The van der Waals surface area contributed by atoms with Crippen LogP contribution in [0.1, 0.15) is 22.3 Å². The number of likely N-dealkylation sites (tertiary alicyclic amines) is 1. The molecule has 0 saturated carbocycles. The van der Waals surface area contributed by atoms with E-state index in [0.717, 1.165) is 0 Å². The lowest BCUT2D eigenvalue weighted by molar-refractivity contribution is 0.0791. The van der Waals surface area contributed by atoms with Crippen LogP contribution in [0.25, 0.3) is 22.2 Å². The van der Waals surface area contributed by atoms with Gasteiger partial charge in [-0.1, -0.05) is 36.4 Å². The molecule has 0 bridgehead atoms. The summed E-state index contributed by atoms with van der Waals surface area (Å²) < 4.78 is 28.3. The van der Waals surface area contributed by atoms with E-state index in [1.807, 2.05) is 6.07 Å². The van der Waals surface area contributed by atoms with Gasteiger partial charge in [0.1, 0.15) is 6.07 Å². The quantitative estimate of drug-likeness (QED) is 0.293. The molecular weight excluding hydrogens is 538 g/mol. The Balaban J connectivity index is 1.32. The number of carbonyl (C=O) groups excluding carboxylic acids is 1. The van der Waals surface area contributed by atoms with E-state index in [1.54, 1.807) is 77.7 Å². The number of aromatic nitrogens is 3. The average Bonchev–Trinajstić information content (AvgIpc) is 3.63. The molecule has 41 heavy (non-hydrogen) atoms.